The van der Waals surface area contributed by atoms with Gasteiger partial charge in [-0.05, 0) is 75.4 Å². The number of halogens is 2. The summed E-state index contributed by atoms with van der Waals surface area (Å²) in [6, 6.07) is 14.1. The summed E-state index contributed by atoms with van der Waals surface area (Å²) in [6.07, 6.45) is 4.35. The van der Waals surface area contributed by atoms with E-state index in [2.05, 4.69) is 9.98 Å². The van der Waals surface area contributed by atoms with Gasteiger partial charge in [-0.1, -0.05) is 24.3 Å². The number of aromatic nitrogens is 1. The minimum absolute atomic E-state index is 0.00713. The number of carboxylic acid groups (broad SMARTS) is 1. The first-order valence-electron chi connectivity index (χ1n) is 15.8. The number of aliphatic imine (C=N–C) groups is 1. The van der Waals surface area contributed by atoms with Crippen LogP contribution in [0.5, 0.6) is 11.5 Å². The van der Waals surface area contributed by atoms with Crippen LogP contribution in [0.1, 0.15) is 62.3 Å². The summed E-state index contributed by atoms with van der Waals surface area (Å²) in [6.45, 7) is 5.72. The maximum absolute atomic E-state index is 15.6. The molecule has 2 bridgehead atoms. The standard InChI is InChI=1S/C36H41F2N7O4/c1-35(2)30(39)20-45(42)19-26-24-12-14-43-29(24)18-28(38)32(26)49-23-9-10-27(37)25(17-23)33(40)44-34(41)36(3,13-5-15-48-35)22-7-4-6-21(16-22)8-11-31(46)47/h4,6-7,9-10,12,14,16-18,20,43H,5,8,11,13,15,19,39,42H2,1-3H3,(H,46,47)(H3,40,41,44)/b30-20-. The summed E-state index contributed by atoms with van der Waals surface area (Å²) < 4.78 is 43.1. The van der Waals surface area contributed by atoms with Crippen LogP contribution in [-0.2, 0) is 27.9 Å². The quantitative estimate of drug-likeness (QED) is 0.143. The lowest BCUT2D eigenvalue weighted by molar-refractivity contribution is -0.136. The molecule has 2 heterocycles. The highest BCUT2D eigenvalue weighted by molar-refractivity contribution is 6.07. The normalized spacial score (nSPS) is 20.2. The minimum Gasteiger partial charge on any atom is -0.481 e. The first-order chi connectivity index (χ1) is 23.2. The highest BCUT2D eigenvalue weighted by Gasteiger charge is 2.33. The zero-order valence-electron chi connectivity index (χ0n) is 27.6. The number of ether oxygens (including phenoxy) is 2. The average Bonchev–Trinajstić information content (AvgIpc) is 3.52. The molecule has 0 saturated heterocycles. The molecule has 4 aromatic rings. The number of H-pyrrole nitrogens is 1. The molecule has 0 radical (unpaired) electrons. The van der Waals surface area contributed by atoms with E-state index in [4.69, 9.17) is 32.2 Å². The van der Waals surface area contributed by atoms with Gasteiger partial charge in [-0.2, -0.15) is 0 Å². The SMILES string of the molecule is CC1(C)OCCCC(C)(c2cccc(CCC(=O)O)c2)C(N)=NC(=N)c2cc(ccc2F)Oc2c(F)cc3[nH]ccc3c2CN(N)/C=C/1N. The van der Waals surface area contributed by atoms with Gasteiger partial charge in [0, 0.05) is 48.0 Å². The van der Waals surface area contributed by atoms with E-state index in [9.17, 15) is 9.90 Å². The van der Waals surface area contributed by atoms with Crippen molar-refractivity contribution in [2.75, 3.05) is 6.61 Å². The predicted molar refractivity (Wildman–Crippen MR) is 184 cm³/mol. The molecule has 1 aliphatic rings. The number of amidine groups is 2. The summed E-state index contributed by atoms with van der Waals surface area (Å²) in [5.74, 6) is 3.56. The first kappa shape index (κ1) is 35.0. The number of aliphatic carboxylic acids is 1. The van der Waals surface area contributed by atoms with E-state index in [0.717, 1.165) is 17.2 Å². The second-order valence-electron chi connectivity index (χ2n) is 12.8. The van der Waals surface area contributed by atoms with Crippen molar-refractivity contribution >= 4 is 28.5 Å². The summed E-state index contributed by atoms with van der Waals surface area (Å²) in [5.41, 5.74) is 13.8. The van der Waals surface area contributed by atoms with E-state index >= 15 is 8.78 Å². The zero-order chi connectivity index (χ0) is 35.5. The van der Waals surface area contributed by atoms with Gasteiger partial charge < -0.3 is 36.0 Å². The molecule has 11 nitrogen and oxygen atoms in total. The van der Waals surface area contributed by atoms with Crippen molar-refractivity contribution in [3.8, 4) is 11.5 Å². The van der Waals surface area contributed by atoms with E-state index in [1.807, 2.05) is 31.2 Å². The molecular formula is C36H41F2N7O4. The van der Waals surface area contributed by atoms with E-state index < -0.39 is 34.5 Å². The van der Waals surface area contributed by atoms with Crippen molar-refractivity contribution < 1.29 is 28.2 Å². The Labute approximate surface area is 282 Å². The number of nitrogens with one attached hydrogen (secondary N) is 2. The predicted octanol–water partition coefficient (Wildman–Crippen LogP) is 5.96. The molecule has 1 unspecified atom stereocenters. The van der Waals surface area contributed by atoms with Gasteiger partial charge in [0.25, 0.3) is 0 Å². The second kappa shape index (κ2) is 14.1. The Balaban J connectivity index is 1.62. The number of hydrogen-bond donors (Lipinski definition) is 6. The molecule has 0 saturated carbocycles. The maximum Gasteiger partial charge on any atom is 0.303 e. The molecule has 1 aliphatic heterocycles. The summed E-state index contributed by atoms with van der Waals surface area (Å²) in [5, 5.41) is 20.0. The lowest BCUT2D eigenvalue weighted by atomic mass is 9.76. The molecular weight excluding hydrogens is 632 g/mol. The smallest absolute Gasteiger partial charge is 0.303 e. The number of aryl methyl sites for hydroxylation is 1. The largest absolute Gasteiger partial charge is 0.481 e. The number of aromatic amines is 1. The maximum atomic E-state index is 15.6. The van der Waals surface area contributed by atoms with Crippen LogP contribution in [0.25, 0.3) is 10.9 Å². The second-order valence-corrected chi connectivity index (χ2v) is 12.8. The molecule has 1 atom stereocenters. The Morgan fingerprint density at radius 3 is 2.63 bits per heavy atom. The monoisotopic (exact) mass is 673 g/mol. The Morgan fingerprint density at radius 2 is 1.88 bits per heavy atom. The van der Waals surface area contributed by atoms with Gasteiger partial charge in [0.2, 0.25) is 0 Å². The summed E-state index contributed by atoms with van der Waals surface area (Å²) in [7, 11) is 0. The first-order valence-corrected chi connectivity index (χ1v) is 15.8. The third-order valence-corrected chi connectivity index (χ3v) is 8.89. The fraction of sp³-hybridized carbons (Fsp3) is 0.306. The van der Waals surface area contributed by atoms with E-state index in [-0.39, 0.29) is 42.5 Å². The van der Waals surface area contributed by atoms with Gasteiger partial charge in [-0.15, -0.1) is 0 Å². The Kier molecular flexibility index (Phi) is 10.1. The van der Waals surface area contributed by atoms with Crippen molar-refractivity contribution in [3.63, 3.8) is 0 Å². The van der Waals surface area contributed by atoms with Crippen molar-refractivity contribution in [2.24, 2.45) is 22.3 Å². The Hall–Kier alpha value is -5.27. The van der Waals surface area contributed by atoms with Gasteiger partial charge in [0.15, 0.2) is 17.4 Å². The molecule has 0 spiro atoms. The summed E-state index contributed by atoms with van der Waals surface area (Å²) >= 11 is 0. The van der Waals surface area contributed by atoms with Gasteiger partial charge >= 0.3 is 5.97 Å². The van der Waals surface area contributed by atoms with Crippen LogP contribution in [0, 0.1) is 17.0 Å². The zero-order valence-corrected chi connectivity index (χ0v) is 27.6. The number of carboxylic acids is 1. The number of rotatable bonds is 4. The third-order valence-electron chi connectivity index (χ3n) is 8.89. The molecule has 49 heavy (non-hydrogen) atoms. The van der Waals surface area contributed by atoms with Crippen LogP contribution in [0.15, 0.2) is 77.7 Å². The van der Waals surface area contributed by atoms with Crippen LogP contribution < -0.4 is 22.0 Å². The topological polar surface area (TPSA) is 189 Å². The van der Waals surface area contributed by atoms with Gasteiger partial charge in [0.1, 0.15) is 23.0 Å². The third kappa shape index (κ3) is 7.74. The van der Waals surface area contributed by atoms with E-state index in [0.29, 0.717) is 41.4 Å². The van der Waals surface area contributed by atoms with Gasteiger partial charge in [-0.25, -0.2) is 19.6 Å². The number of hydrogen-bond acceptors (Lipinski definition) is 8. The molecule has 5 rings (SSSR count). The van der Waals surface area contributed by atoms with Crippen LogP contribution in [0.3, 0.4) is 0 Å². The number of carbonyl (C=O) groups is 1. The number of nitrogens with zero attached hydrogens (tertiary/aromatic N) is 2. The van der Waals surface area contributed by atoms with Crippen molar-refractivity contribution in [1.29, 1.82) is 5.41 Å². The number of nitrogens with two attached hydrogens (primary N) is 3. The lowest BCUT2D eigenvalue weighted by Crippen LogP contribution is -2.40. The molecule has 9 N–H and O–H groups in total. The molecule has 1 aromatic heterocycles. The van der Waals surface area contributed by atoms with Crippen molar-refractivity contribution in [1.82, 2.24) is 9.99 Å². The molecule has 0 fully saturated rings. The Morgan fingerprint density at radius 1 is 1.10 bits per heavy atom. The minimum atomic E-state index is -0.966. The fourth-order valence-electron chi connectivity index (χ4n) is 5.80. The highest BCUT2D eigenvalue weighted by atomic mass is 19.1. The van der Waals surface area contributed by atoms with Crippen LogP contribution >= 0.6 is 0 Å². The molecule has 13 heteroatoms. The average molecular weight is 674 g/mol. The molecule has 258 valence electrons. The van der Waals surface area contributed by atoms with Crippen LogP contribution in [-0.4, -0.2) is 44.9 Å². The van der Waals surface area contributed by atoms with Crippen molar-refractivity contribution in [2.45, 2.75) is 64.0 Å². The van der Waals surface area contributed by atoms with E-state index in [1.54, 1.807) is 26.1 Å². The molecule has 0 aliphatic carbocycles. The highest BCUT2D eigenvalue weighted by Crippen LogP contribution is 2.36. The lowest BCUT2D eigenvalue weighted by Gasteiger charge is -2.32. The number of fused-ring (bicyclic) bond motifs is 5. The van der Waals surface area contributed by atoms with Gasteiger partial charge in [0.05, 0.1) is 23.2 Å². The van der Waals surface area contributed by atoms with Gasteiger partial charge in [-0.3, -0.25) is 10.2 Å². The fourth-order valence-corrected chi connectivity index (χ4v) is 5.80. The number of hydrazine groups is 1. The summed E-state index contributed by atoms with van der Waals surface area (Å²) in [4.78, 5) is 18.6. The molecule has 3 aromatic carbocycles. The van der Waals surface area contributed by atoms with Crippen molar-refractivity contribution in [3.05, 3.63) is 107 Å². The van der Waals surface area contributed by atoms with Crippen LogP contribution in [0.4, 0.5) is 8.78 Å². The molecule has 0 amide bonds. The van der Waals surface area contributed by atoms with Crippen LogP contribution in [0.2, 0.25) is 0 Å². The number of benzene rings is 3. The van der Waals surface area contributed by atoms with E-state index in [1.165, 1.54) is 29.4 Å². The Bertz CT molecular complexity index is 1950.